The zero-order valence-corrected chi connectivity index (χ0v) is 23.7. The van der Waals surface area contributed by atoms with E-state index >= 15 is 0 Å². The molecule has 1 aliphatic rings. The first kappa shape index (κ1) is 28.8. The molecule has 1 fully saturated rings. The van der Waals surface area contributed by atoms with Crippen molar-refractivity contribution >= 4 is 8.80 Å². The summed E-state index contributed by atoms with van der Waals surface area (Å²) in [6.45, 7) is 5.72. The molecule has 1 aliphatic heterocycles. The maximum absolute atomic E-state index is 14.8. The molecule has 0 spiro atoms. The third kappa shape index (κ3) is 8.97. The lowest BCUT2D eigenvalue weighted by Gasteiger charge is -2.28. The third-order valence-corrected chi connectivity index (χ3v) is 11.3. The molecule has 0 saturated carbocycles. The second kappa shape index (κ2) is 14.9. The molecule has 0 aliphatic carbocycles. The van der Waals surface area contributed by atoms with E-state index in [4.69, 9.17) is 4.74 Å². The van der Waals surface area contributed by atoms with E-state index in [0.29, 0.717) is 17.9 Å². The van der Waals surface area contributed by atoms with Gasteiger partial charge in [0.25, 0.3) is 0 Å². The number of hydrogen-bond donors (Lipinski definition) is 0. The van der Waals surface area contributed by atoms with E-state index in [1.54, 1.807) is 6.92 Å². The maximum atomic E-state index is 14.8. The topological polar surface area (TPSA) is 9.23 Å². The van der Waals surface area contributed by atoms with Crippen LogP contribution >= 0.6 is 0 Å². The highest BCUT2D eigenvalue weighted by Crippen LogP contribution is 2.37. The maximum Gasteiger partial charge on any atom is 0.191 e. The molecule has 1 saturated heterocycles. The van der Waals surface area contributed by atoms with Gasteiger partial charge in [-0.2, -0.15) is 0 Å². The fraction of sp³-hybridized carbons (Fsp3) is 0.613. The van der Waals surface area contributed by atoms with E-state index in [0.717, 1.165) is 31.2 Å². The normalized spacial score (nSPS) is 19.7. The number of hydrogen-bond acceptors (Lipinski definition) is 1. The molecule has 0 N–H and O–H groups in total. The zero-order chi connectivity index (χ0) is 25.9. The van der Waals surface area contributed by atoms with Crippen LogP contribution in [0.25, 0.3) is 11.1 Å². The predicted octanol–water partition coefficient (Wildman–Crippen LogP) is 10.0. The standard InChI is InChI=1S/C31H45F3OSi/c1-4-5-6-7-8-11-24(3)35-31-29(33)21-28(22-30(31)34)26-14-12-25(13-15-26)27-16-19-36(20-17-27)18-9-10-23(2)32/h12-15,21-24,27,36H,4-11,16-20H2,1-3H3/t23?,24-,27?,36?/m1/s1. The molecular formula is C31H45F3OSi. The van der Waals surface area contributed by atoms with Crippen molar-refractivity contribution < 1.29 is 17.9 Å². The molecule has 1 unspecified atom stereocenters. The smallest absolute Gasteiger partial charge is 0.191 e. The molecule has 1 heterocycles. The van der Waals surface area contributed by atoms with E-state index in [-0.39, 0.29) is 11.9 Å². The third-order valence-electron chi connectivity index (χ3n) is 7.81. The number of ether oxygens (including phenoxy) is 1. The Bertz CT molecular complexity index is 884. The summed E-state index contributed by atoms with van der Waals surface area (Å²) in [7, 11) is -0.707. The highest BCUT2D eigenvalue weighted by molar-refractivity contribution is 6.59. The predicted molar refractivity (Wildman–Crippen MR) is 149 cm³/mol. The van der Waals surface area contributed by atoms with Crippen LogP contribution in [-0.4, -0.2) is 21.1 Å². The number of rotatable bonds is 14. The van der Waals surface area contributed by atoms with Gasteiger partial charge in [0.05, 0.1) is 12.3 Å². The van der Waals surface area contributed by atoms with Gasteiger partial charge in [-0.25, -0.2) is 13.2 Å². The van der Waals surface area contributed by atoms with E-state index in [2.05, 4.69) is 19.1 Å². The average molecular weight is 519 g/mol. The molecule has 1 nitrogen and oxygen atoms in total. The monoisotopic (exact) mass is 518 g/mol. The Labute approximate surface area is 218 Å². The van der Waals surface area contributed by atoms with Crippen LogP contribution in [0.3, 0.4) is 0 Å². The van der Waals surface area contributed by atoms with Crippen LogP contribution in [0, 0.1) is 11.6 Å². The molecule has 2 aromatic carbocycles. The molecule has 5 heteroatoms. The largest absolute Gasteiger partial charge is 0.485 e. The summed E-state index contributed by atoms with van der Waals surface area (Å²) in [4.78, 5) is 0. The molecule has 36 heavy (non-hydrogen) atoms. The Morgan fingerprint density at radius 1 is 0.861 bits per heavy atom. The van der Waals surface area contributed by atoms with Crippen molar-refractivity contribution in [3.05, 3.63) is 53.6 Å². The Balaban J connectivity index is 1.53. The average Bonchev–Trinajstić information content (AvgIpc) is 2.86. The summed E-state index contributed by atoms with van der Waals surface area (Å²) < 4.78 is 48.3. The fourth-order valence-electron chi connectivity index (χ4n) is 5.55. The summed E-state index contributed by atoms with van der Waals surface area (Å²) in [5.74, 6) is -0.983. The van der Waals surface area contributed by atoms with Gasteiger partial charge < -0.3 is 4.74 Å². The lowest BCUT2D eigenvalue weighted by molar-refractivity contribution is 0.188. The van der Waals surface area contributed by atoms with Gasteiger partial charge in [-0.3, -0.25) is 0 Å². The van der Waals surface area contributed by atoms with Gasteiger partial charge >= 0.3 is 0 Å². The molecule has 200 valence electrons. The van der Waals surface area contributed by atoms with Crippen LogP contribution in [-0.2, 0) is 0 Å². The number of alkyl halides is 1. The van der Waals surface area contributed by atoms with Gasteiger partial charge in [-0.05, 0) is 80.7 Å². The van der Waals surface area contributed by atoms with Crippen molar-refractivity contribution in [3.63, 3.8) is 0 Å². The first-order valence-electron chi connectivity index (χ1n) is 14.3. The molecule has 0 aromatic heterocycles. The molecule has 0 radical (unpaired) electrons. The van der Waals surface area contributed by atoms with Crippen LogP contribution in [0.5, 0.6) is 5.75 Å². The summed E-state index contributed by atoms with van der Waals surface area (Å²) in [5, 5.41) is 0. The van der Waals surface area contributed by atoms with Crippen molar-refractivity contribution in [3.8, 4) is 16.9 Å². The van der Waals surface area contributed by atoms with Crippen LogP contribution in [0.4, 0.5) is 13.2 Å². The van der Waals surface area contributed by atoms with Gasteiger partial charge in [0.2, 0.25) is 0 Å². The Morgan fingerprint density at radius 2 is 1.50 bits per heavy atom. The lowest BCUT2D eigenvalue weighted by atomic mass is 9.92. The van der Waals surface area contributed by atoms with Crippen molar-refractivity contribution in [2.75, 3.05) is 0 Å². The molecular weight excluding hydrogens is 473 g/mol. The van der Waals surface area contributed by atoms with Crippen LogP contribution in [0.15, 0.2) is 36.4 Å². The van der Waals surface area contributed by atoms with Crippen LogP contribution in [0.2, 0.25) is 18.1 Å². The Hall–Kier alpha value is -1.75. The minimum atomic E-state index is -0.707. The van der Waals surface area contributed by atoms with Gasteiger partial charge in [0.1, 0.15) is 0 Å². The SMILES string of the molecule is CCCCCCC[C@@H](C)Oc1c(F)cc(-c2ccc(C3CC[SiH](CCCC(C)F)CC3)cc2)cc1F. The molecule has 2 aromatic rings. The molecule has 0 amide bonds. The van der Waals surface area contributed by atoms with E-state index < -0.39 is 26.6 Å². The first-order chi connectivity index (χ1) is 17.4. The summed E-state index contributed by atoms with van der Waals surface area (Å²) >= 11 is 0. The number of benzene rings is 2. The molecule has 0 bridgehead atoms. The highest BCUT2D eigenvalue weighted by atomic mass is 28.3. The minimum absolute atomic E-state index is 0.217. The highest BCUT2D eigenvalue weighted by Gasteiger charge is 2.23. The van der Waals surface area contributed by atoms with Gasteiger partial charge in [-0.15, -0.1) is 0 Å². The Morgan fingerprint density at radius 3 is 2.11 bits per heavy atom. The summed E-state index contributed by atoms with van der Waals surface area (Å²) in [5.41, 5.74) is 2.67. The summed E-state index contributed by atoms with van der Waals surface area (Å²) in [6.07, 6.45) is 9.86. The minimum Gasteiger partial charge on any atom is -0.485 e. The fourth-order valence-corrected chi connectivity index (χ4v) is 8.98. The molecule has 2 atom stereocenters. The van der Waals surface area contributed by atoms with E-state index in [1.807, 2.05) is 19.1 Å². The lowest BCUT2D eigenvalue weighted by Crippen LogP contribution is -2.20. The quantitative estimate of drug-likeness (QED) is 0.179. The zero-order valence-electron chi connectivity index (χ0n) is 22.5. The first-order valence-corrected chi connectivity index (χ1v) is 16.7. The van der Waals surface area contributed by atoms with Gasteiger partial charge in [-0.1, -0.05) is 81.4 Å². The van der Waals surface area contributed by atoms with Crippen molar-refractivity contribution in [2.24, 2.45) is 0 Å². The van der Waals surface area contributed by atoms with Crippen molar-refractivity contribution in [1.29, 1.82) is 0 Å². The van der Waals surface area contributed by atoms with Crippen molar-refractivity contribution in [1.82, 2.24) is 0 Å². The second-order valence-electron chi connectivity index (χ2n) is 11.0. The number of halogens is 3. The Kier molecular flexibility index (Phi) is 11.9. The van der Waals surface area contributed by atoms with E-state index in [1.165, 1.54) is 67.9 Å². The second-order valence-corrected chi connectivity index (χ2v) is 14.4. The summed E-state index contributed by atoms with van der Waals surface area (Å²) in [6, 6.07) is 14.9. The van der Waals surface area contributed by atoms with Crippen LogP contribution in [0.1, 0.15) is 96.5 Å². The van der Waals surface area contributed by atoms with Gasteiger partial charge in [0.15, 0.2) is 17.4 Å². The van der Waals surface area contributed by atoms with Gasteiger partial charge in [0, 0.05) is 8.80 Å². The van der Waals surface area contributed by atoms with E-state index in [9.17, 15) is 13.2 Å². The molecule has 3 rings (SSSR count). The van der Waals surface area contributed by atoms with Crippen LogP contribution < -0.4 is 4.74 Å². The van der Waals surface area contributed by atoms with Crippen molar-refractivity contribution in [2.45, 2.75) is 121 Å². The number of unbranched alkanes of at least 4 members (excludes halogenated alkanes) is 4.